The van der Waals surface area contributed by atoms with E-state index in [0.717, 1.165) is 19.4 Å². The summed E-state index contributed by atoms with van der Waals surface area (Å²) in [5, 5.41) is 0. The van der Waals surface area contributed by atoms with Crippen molar-refractivity contribution in [1.82, 2.24) is 0 Å². The van der Waals surface area contributed by atoms with Gasteiger partial charge < -0.3 is 22.8 Å². The van der Waals surface area contributed by atoms with Crippen molar-refractivity contribution >= 4 is 8.80 Å². The fraction of sp³-hybridized carbons (Fsp3) is 1.00. The molecule has 0 aromatic heterocycles. The van der Waals surface area contributed by atoms with Crippen molar-refractivity contribution in [1.29, 1.82) is 0 Å². The third-order valence-electron chi connectivity index (χ3n) is 3.54. The molecule has 3 atom stereocenters. The summed E-state index contributed by atoms with van der Waals surface area (Å²) in [6.07, 6.45) is 2.24. The summed E-state index contributed by atoms with van der Waals surface area (Å²) in [7, 11) is 2.15. The van der Waals surface area contributed by atoms with Gasteiger partial charge in [0.15, 0.2) is 0 Å². The van der Waals surface area contributed by atoms with Crippen molar-refractivity contribution in [3.63, 3.8) is 0 Å². The van der Waals surface area contributed by atoms with Crippen LogP contribution in [0, 0.1) is 5.92 Å². The highest BCUT2D eigenvalue weighted by Crippen LogP contribution is 2.25. The molecule has 0 spiro atoms. The summed E-state index contributed by atoms with van der Waals surface area (Å²) < 4.78 is 27.7. The average molecular weight is 278 g/mol. The van der Waals surface area contributed by atoms with E-state index in [1.54, 1.807) is 21.3 Å². The molecule has 1 fully saturated rings. The van der Waals surface area contributed by atoms with Crippen molar-refractivity contribution in [2.45, 2.75) is 38.5 Å². The first-order chi connectivity index (χ1) is 8.67. The van der Waals surface area contributed by atoms with Gasteiger partial charge in [-0.3, -0.25) is 0 Å². The second-order valence-corrected chi connectivity index (χ2v) is 7.56. The zero-order valence-corrected chi connectivity index (χ0v) is 13.1. The largest absolute Gasteiger partial charge is 0.530 e. The minimum Gasteiger partial charge on any atom is -0.375 e. The fourth-order valence-electron chi connectivity index (χ4n) is 2.17. The summed E-state index contributed by atoms with van der Waals surface area (Å²) in [5.74, 6) is 0.455. The Morgan fingerprint density at radius 1 is 1.11 bits per heavy atom. The molecule has 108 valence electrons. The molecule has 1 heterocycles. The second kappa shape index (κ2) is 7.57. The van der Waals surface area contributed by atoms with Crippen molar-refractivity contribution < 1.29 is 22.8 Å². The number of hydrogen-bond acceptors (Lipinski definition) is 5. The lowest BCUT2D eigenvalue weighted by Crippen LogP contribution is -2.55. The molecule has 0 bridgehead atoms. The van der Waals surface area contributed by atoms with Gasteiger partial charge in [-0.25, -0.2) is 0 Å². The normalized spacial score (nSPS) is 22.8. The molecule has 1 rings (SSSR count). The van der Waals surface area contributed by atoms with E-state index in [9.17, 15) is 0 Å². The molecule has 0 radical (unpaired) electrons. The van der Waals surface area contributed by atoms with Gasteiger partial charge in [-0.05, 0) is 12.8 Å². The van der Waals surface area contributed by atoms with Crippen LogP contribution in [0.4, 0.5) is 0 Å². The van der Waals surface area contributed by atoms with Gasteiger partial charge >= 0.3 is 8.80 Å². The van der Waals surface area contributed by atoms with Crippen LogP contribution in [-0.2, 0) is 22.8 Å². The summed E-state index contributed by atoms with van der Waals surface area (Å²) in [4.78, 5) is 0. The molecule has 1 aliphatic rings. The van der Waals surface area contributed by atoms with Crippen LogP contribution in [0.3, 0.4) is 0 Å². The summed E-state index contributed by atoms with van der Waals surface area (Å²) >= 11 is 0. The van der Waals surface area contributed by atoms with Crippen LogP contribution in [0.15, 0.2) is 0 Å². The number of hydrogen-bond donors (Lipinski definition) is 0. The van der Waals surface area contributed by atoms with E-state index in [4.69, 9.17) is 22.8 Å². The van der Waals surface area contributed by atoms with E-state index in [-0.39, 0.29) is 5.73 Å². The Hall–Kier alpha value is 0.0169. The lowest BCUT2D eigenvalue weighted by Gasteiger charge is -2.32. The van der Waals surface area contributed by atoms with Crippen molar-refractivity contribution in [2.75, 3.05) is 34.5 Å². The van der Waals surface area contributed by atoms with Crippen LogP contribution in [0.2, 0.25) is 0 Å². The fourth-order valence-corrected chi connectivity index (χ4v) is 4.26. The third kappa shape index (κ3) is 3.75. The van der Waals surface area contributed by atoms with Gasteiger partial charge in [0.25, 0.3) is 0 Å². The number of epoxide rings is 1. The number of ether oxygens (including phenoxy) is 2. The van der Waals surface area contributed by atoms with Gasteiger partial charge in [-0.1, -0.05) is 13.8 Å². The lowest BCUT2D eigenvalue weighted by molar-refractivity contribution is -0.00540. The third-order valence-corrected chi connectivity index (χ3v) is 6.61. The summed E-state index contributed by atoms with van der Waals surface area (Å²) in [6.45, 7) is 5.74. The first kappa shape index (κ1) is 16.1. The highest BCUT2D eigenvalue weighted by Gasteiger charge is 2.48. The van der Waals surface area contributed by atoms with E-state index in [2.05, 4.69) is 13.8 Å². The molecule has 0 saturated carbocycles. The molecule has 1 aliphatic heterocycles. The van der Waals surface area contributed by atoms with Crippen LogP contribution in [0.1, 0.15) is 26.7 Å². The first-order valence-electron chi connectivity index (χ1n) is 6.56. The van der Waals surface area contributed by atoms with Crippen LogP contribution < -0.4 is 0 Å². The smallest absolute Gasteiger partial charge is 0.375 e. The standard InChI is InChI=1S/C12H26O5Si/c1-6-10(11-9-16-11)8-17-12(7-2)18(13-3,14-4)15-5/h10-12H,6-9H2,1-5H3. The predicted molar refractivity (Wildman–Crippen MR) is 70.3 cm³/mol. The Kier molecular flexibility index (Phi) is 6.76. The van der Waals surface area contributed by atoms with Crippen molar-refractivity contribution in [3.05, 3.63) is 0 Å². The maximum atomic E-state index is 5.99. The van der Waals surface area contributed by atoms with Crippen LogP contribution in [0.25, 0.3) is 0 Å². The summed E-state index contributed by atoms with van der Waals surface area (Å²) in [6, 6.07) is 0. The molecular formula is C12H26O5Si. The molecule has 0 aromatic carbocycles. The van der Waals surface area contributed by atoms with Gasteiger partial charge in [-0.2, -0.15) is 0 Å². The Morgan fingerprint density at radius 2 is 1.67 bits per heavy atom. The quantitative estimate of drug-likeness (QED) is 0.449. The Bertz CT molecular complexity index is 222. The average Bonchev–Trinajstić information content (AvgIpc) is 3.24. The summed E-state index contributed by atoms with van der Waals surface area (Å²) in [5.41, 5.74) is -0.120. The van der Waals surface area contributed by atoms with E-state index in [1.165, 1.54) is 0 Å². The maximum Gasteiger partial charge on any atom is 0.530 e. The molecule has 0 aromatic rings. The Balaban J connectivity index is 2.53. The van der Waals surface area contributed by atoms with E-state index in [0.29, 0.717) is 18.6 Å². The minimum atomic E-state index is -2.70. The first-order valence-corrected chi connectivity index (χ1v) is 8.36. The highest BCUT2D eigenvalue weighted by molar-refractivity contribution is 6.62. The SMILES string of the molecule is CCC(COC(CC)[Si](OC)(OC)OC)C1CO1. The molecule has 0 aliphatic carbocycles. The lowest BCUT2D eigenvalue weighted by atomic mass is 10.0. The van der Waals surface area contributed by atoms with Crippen LogP contribution in [0.5, 0.6) is 0 Å². The molecule has 3 unspecified atom stereocenters. The monoisotopic (exact) mass is 278 g/mol. The Labute approximate surface area is 111 Å². The predicted octanol–water partition coefficient (Wildman–Crippen LogP) is 1.62. The molecular weight excluding hydrogens is 252 g/mol. The van der Waals surface area contributed by atoms with Crippen molar-refractivity contribution in [3.8, 4) is 0 Å². The molecule has 5 nitrogen and oxygen atoms in total. The molecule has 6 heteroatoms. The zero-order chi connectivity index (χ0) is 13.6. The molecule has 0 N–H and O–H groups in total. The molecule has 0 amide bonds. The van der Waals surface area contributed by atoms with Gasteiger partial charge in [0.05, 0.1) is 19.3 Å². The van der Waals surface area contributed by atoms with Crippen LogP contribution >= 0.6 is 0 Å². The van der Waals surface area contributed by atoms with E-state index in [1.807, 2.05) is 0 Å². The van der Waals surface area contributed by atoms with Gasteiger partial charge in [0.1, 0.15) is 5.73 Å². The van der Waals surface area contributed by atoms with E-state index < -0.39 is 8.80 Å². The molecule has 18 heavy (non-hydrogen) atoms. The van der Waals surface area contributed by atoms with Crippen LogP contribution in [-0.4, -0.2) is 55.2 Å². The molecule has 1 saturated heterocycles. The van der Waals surface area contributed by atoms with E-state index >= 15 is 0 Å². The van der Waals surface area contributed by atoms with Gasteiger partial charge in [0.2, 0.25) is 0 Å². The Morgan fingerprint density at radius 3 is 2.00 bits per heavy atom. The van der Waals surface area contributed by atoms with Gasteiger partial charge in [0, 0.05) is 27.2 Å². The zero-order valence-electron chi connectivity index (χ0n) is 12.1. The van der Waals surface area contributed by atoms with Crippen molar-refractivity contribution in [2.24, 2.45) is 5.92 Å². The highest BCUT2D eigenvalue weighted by atomic mass is 28.4. The maximum absolute atomic E-state index is 5.99. The second-order valence-electron chi connectivity index (χ2n) is 4.49. The minimum absolute atomic E-state index is 0.120. The topological polar surface area (TPSA) is 49.5 Å². The van der Waals surface area contributed by atoms with Gasteiger partial charge in [-0.15, -0.1) is 0 Å². The number of rotatable bonds is 10.